The summed E-state index contributed by atoms with van der Waals surface area (Å²) in [6.07, 6.45) is 5.32. The van der Waals surface area contributed by atoms with Gasteiger partial charge in [-0.1, -0.05) is 13.8 Å². The molecule has 1 N–H and O–H groups in total. The van der Waals surface area contributed by atoms with Gasteiger partial charge in [0.1, 0.15) is 5.82 Å². The highest BCUT2D eigenvalue weighted by Gasteiger charge is 2.05. The van der Waals surface area contributed by atoms with Gasteiger partial charge in [0.15, 0.2) is 0 Å². The van der Waals surface area contributed by atoms with Crippen molar-refractivity contribution < 1.29 is 4.42 Å². The maximum Gasteiger partial charge on any atom is 0.128 e. The molecule has 0 aliphatic rings. The number of hydrogen-bond donors (Lipinski definition) is 1. The molecule has 102 valence electrons. The molecule has 0 radical (unpaired) electrons. The monoisotopic (exact) mass is 259 g/mol. The summed E-state index contributed by atoms with van der Waals surface area (Å²) in [5, 5.41) is 3.41. The lowest BCUT2D eigenvalue weighted by Gasteiger charge is -2.18. The molecule has 0 unspecified atom stereocenters. The van der Waals surface area contributed by atoms with Crippen molar-refractivity contribution in [3.8, 4) is 0 Å². The van der Waals surface area contributed by atoms with Crippen LogP contribution in [0, 0.1) is 0 Å². The molecule has 0 saturated heterocycles. The molecule has 2 aromatic rings. The minimum atomic E-state index is 0.486. The molecule has 4 heteroatoms. The van der Waals surface area contributed by atoms with Crippen molar-refractivity contribution in [1.29, 1.82) is 0 Å². The Morgan fingerprint density at radius 1 is 1.32 bits per heavy atom. The van der Waals surface area contributed by atoms with E-state index in [9.17, 15) is 0 Å². The smallest absolute Gasteiger partial charge is 0.128 e. The van der Waals surface area contributed by atoms with Gasteiger partial charge in [0.25, 0.3) is 0 Å². The predicted octanol–water partition coefficient (Wildman–Crippen LogP) is 2.81. The Morgan fingerprint density at radius 3 is 2.84 bits per heavy atom. The van der Waals surface area contributed by atoms with E-state index >= 15 is 0 Å². The highest BCUT2D eigenvalue weighted by molar-refractivity contribution is 5.40. The fraction of sp³-hybridized carbons (Fsp3) is 0.400. The van der Waals surface area contributed by atoms with Crippen LogP contribution in [0.3, 0.4) is 0 Å². The van der Waals surface area contributed by atoms with Gasteiger partial charge in [-0.3, -0.25) is 0 Å². The van der Waals surface area contributed by atoms with E-state index in [1.54, 1.807) is 12.5 Å². The molecular weight excluding hydrogens is 238 g/mol. The number of nitrogens with zero attached hydrogens (tertiary/aromatic N) is 2. The maximum absolute atomic E-state index is 5.08. The van der Waals surface area contributed by atoms with Gasteiger partial charge in [0.05, 0.1) is 12.5 Å². The maximum atomic E-state index is 5.08. The van der Waals surface area contributed by atoms with Crippen LogP contribution in [0.2, 0.25) is 0 Å². The van der Waals surface area contributed by atoms with E-state index in [0.29, 0.717) is 6.04 Å². The summed E-state index contributed by atoms with van der Waals surface area (Å²) < 4.78 is 5.08. The van der Waals surface area contributed by atoms with E-state index in [0.717, 1.165) is 24.5 Å². The van der Waals surface area contributed by atoms with Gasteiger partial charge in [-0.25, -0.2) is 4.98 Å². The summed E-state index contributed by atoms with van der Waals surface area (Å²) in [6.45, 7) is 5.96. The molecule has 2 heterocycles. The molecule has 0 aliphatic heterocycles. The first kappa shape index (κ1) is 13.6. The number of rotatable bonds is 6. The zero-order valence-electron chi connectivity index (χ0n) is 11.8. The Hall–Kier alpha value is -1.81. The van der Waals surface area contributed by atoms with Crippen molar-refractivity contribution in [2.45, 2.75) is 33.0 Å². The van der Waals surface area contributed by atoms with Crippen LogP contribution in [-0.4, -0.2) is 18.1 Å². The minimum absolute atomic E-state index is 0.486. The van der Waals surface area contributed by atoms with E-state index in [2.05, 4.69) is 35.1 Å². The number of anilines is 1. The van der Waals surface area contributed by atoms with Crippen LogP contribution in [0.15, 0.2) is 41.3 Å². The zero-order chi connectivity index (χ0) is 13.7. The van der Waals surface area contributed by atoms with Gasteiger partial charge >= 0.3 is 0 Å². The SMILES string of the molecule is CC(C)NCc1ccnc(N(C)Cc2ccoc2)c1. The van der Waals surface area contributed by atoms with Crippen LogP contribution in [0.4, 0.5) is 5.82 Å². The molecule has 4 nitrogen and oxygen atoms in total. The van der Waals surface area contributed by atoms with Crippen molar-refractivity contribution in [3.63, 3.8) is 0 Å². The Balaban J connectivity index is 2.01. The molecule has 0 spiro atoms. The lowest BCUT2D eigenvalue weighted by Crippen LogP contribution is -2.22. The molecule has 0 aliphatic carbocycles. The Bertz CT molecular complexity index is 494. The highest BCUT2D eigenvalue weighted by Crippen LogP contribution is 2.14. The van der Waals surface area contributed by atoms with Gasteiger partial charge < -0.3 is 14.6 Å². The van der Waals surface area contributed by atoms with Crippen molar-refractivity contribution in [3.05, 3.63) is 48.0 Å². The Labute approximate surface area is 114 Å². The van der Waals surface area contributed by atoms with Gasteiger partial charge in [-0.2, -0.15) is 0 Å². The van der Waals surface area contributed by atoms with E-state index in [4.69, 9.17) is 4.42 Å². The topological polar surface area (TPSA) is 41.3 Å². The lowest BCUT2D eigenvalue weighted by atomic mass is 10.2. The number of furan rings is 1. The number of hydrogen-bond acceptors (Lipinski definition) is 4. The number of pyridine rings is 1. The van der Waals surface area contributed by atoms with Crippen LogP contribution in [0.5, 0.6) is 0 Å². The summed E-state index contributed by atoms with van der Waals surface area (Å²) in [7, 11) is 2.04. The fourth-order valence-corrected chi connectivity index (χ4v) is 1.84. The summed E-state index contributed by atoms with van der Waals surface area (Å²) in [5.41, 5.74) is 2.40. The van der Waals surface area contributed by atoms with Crippen molar-refractivity contribution in [2.24, 2.45) is 0 Å². The van der Waals surface area contributed by atoms with Crippen LogP contribution in [0.25, 0.3) is 0 Å². The van der Waals surface area contributed by atoms with Crippen molar-refractivity contribution in [2.75, 3.05) is 11.9 Å². The van der Waals surface area contributed by atoms with Gasteiger partial charge in [-0.05, 0) is 23.8 Å². The molecule has 0 bridgehead atoms. The van der Waals surface area contributed by atoms with E-state index in [1.807, 2.05) is 25.4 Å². The largest absolute Gasteiger partial charge is 0.472 e. The van der Waals surface area contributed by atoms with Crippen LogP contribution >= 0.6 is 0 Å². The third-order valence-corrected chi connectivity index (χ3v) is 2.92. The second kappa shape index (κ2) is 6.38. The first-order valence-electron chi connectivity index (χ1n) is 6.55. The zero-order valence-corrected chi connectivity index (χ0v) is 11.8. The molecule has 19 heavy (non-hydrogen) atoms. The summed E-state index contributed by atoms with van der Waals surface area (Å²) >= 11 is 0. The molecule has 0 fully saturated rings. The average Bonchev–Trinajstić information content (AvgIpc) is 2.89. The summed E-state index contributed by atoms with van der Waals surface area (Å²) in [6, 6.07) is 6.63. The van der Waals surface area contributed by atoms with Gasteiger partial charge in [0.2, 0.25) is 0 Å². The molecular formula is C15H21N3O. The highest BCUT2D eigenvalue weighted by atomic mass is 16.3. The van der Waals surface area contributed by atoms with Crippen molar-refractivity contribution in [1.82, 2.24) is 10.3 Å². The standard InChI is InChI=1S/C15H21N3O/c1-12(2)17-9-13-4-6-16-15(8-13)18(3)10-14-5-7-19-11-14/h4-8,11-12,17H,9-10H2,1-3H3. The van der Waals surface area contributed by atoms with E-state index in [-0.39, 0.29) is 0 Å². The quantitative estimate of drug-likeness (QED) is 0.866. The fourth-order valence-electron chi connectivity index (χ4n) is 1.84. The third-order valence-electron chi connectivity index (χ3n) is 2.92. The summed E-state index contributed by atoms with van der Waals surface area (Å²) in [4.78, 5) is 6.53. The Kier molecular flexibility index (Phi) is 4.58. The number of nitrogens with one attached hydrogen (secondary N) is 1. The predicted molar refractivity (Wildman–Crippen MR) is 77.0 cm³/mol. The van der Waals surface area contributed by atoms with Crippen LogP contribution in [-0.2, 0) is 13.1 Å². The average molecular weight is 259 g/mol. The molecule has 0 amide bonds. The molecule has 0 saturated carbocycles. The second-order valence-electron chi connectivity index (χ2n) is 5.05. The second-order valence-corrected chi connectivity index (χ2v) is 5.05. The molecule has 2 aromatic heterocycles. The van der Waals surface area contributed by atoms with E-state index in [1.165, 1.54) is 5.56 Å². The third kappa shape index (κ3) is 4.10. The van der Waals surface area contributed by atoms with Crippen LogP contribution < -0.4 is 10.2 Å². The molecule has 0 aromatic carbocycles. The Morgan fingerprint density at radius 2 is 2.16 bits per heavy atom. The molecule has 0 atom stereocenters. The van der Waals surface area contributed by atoms with Gasteiger partial charge in [0, 0.05) is 37.9 Å². The molecule has 2 rings (SSSR count). The summed E-state index contributed by atoms with van der Waals surface area (Å²) in [5.74, 6) is 0.976. The lowest BCUT2D eigenvalue weighted by molar-refractivity contribution is 0.563. The minimum Gasteiger partial charge on any atom is -0.472 e. The van der Waals surface area contributed by atoms with Crippen LogP contribution in [0.1, 0.15) is 25.0 Å². The first-order valence-corrected chi connectivity index (χ1v) is 6.55. The normalized spacial score (nSPS) is 10.9. The number of aromatic nitrogens is 1. The van der Waals surface area contributed by atoms with Crippen molar-refractivity contribution >= 4 is 5.82 Å². The first-order chi connectivity index (χ1) is 9.15. The van der Waals surface area contributed by atoms with E-state index < -0.39 is 0 Å². The van der Waals surface area contributed by atoms with Gasteiger partial charge in [-0.15, -0.1) is 0 Å².